The first-order valence-corrected chi connectivity index (χ1v) is 5.96. The monoisotopic (exact) mass is 230 g/mol. The number of nitrogens with zero attached hydrogens (tertiary/aromatic N) is 1. The van der Waals surface area contributed by atoms with Gasteiger partial charge >= 0.3 is 6.03 Å². The maximum absolute atomic E-state index is 11.9. The van der Waals surface area contributed by atoms with Crippen molar-refractivity contribution in [2.75, 3.05) is 11.4 Å². The second kappa shape index (κ2) is 3.87. The van der Waals surface area contributed by atoms with Crippen molar-refractivity contribution in [1.29, 1.82) is 0 Å². The molecule has 2 aliphatic rings. The third kappa shape index (κ3) is 1.90. The molecular formula is C13H14N2O2. The van der Waals surface area contributed by atoms with E-state index in [9.17, 15) is 9.59 Å². The van der Waals surface area contributed by atoms with Gasteiger partial charge in [0.1, 0.15) is 0 Å². The molecule has 1 heterocycles. The van der Waals surface area contributed by atoms with Crippen molar-refractivity contribution in [3.63, 3.8) is 0 Å². The fourth-order valence-electron chi connectivity index (χ4n) is 2.17. The predicted molar refractivity (Wildman–Crippen MR) is 63.8 cm³/mol. The van der Waals surface area contributed by atoms with E-state index in [1.165, 1.54) is 5.56 Å². The number of rotatable bonds is 1. The number of carbonyl (C=O) groups is 2. The van der Waals surface area contributed by atoms with Gasteiger partial charge in [0.25, 0.3) is 0 Å². The molecule has 1 aliphatic heterocycles. The maximum atomic E-state index is 11.9. The average Bonchev–Trinajstić information content (AvgIpc) is 3.09. The average molecular weight is 230 g/mol. The van der Waals surface area contributed by atoms with E-state index in [4.69, 9.17) is 0 Å². The molecule has 0 bridgehead atoms. The Morgan fingerprint density at radius 3 is 2.76 bits per heavy atom. The highest BCUT2D eigenvalue weighted by molar-refractivity contribution is 6.04. The minimum atomic E-state index is -0.285. The summed E-state index contributed by atoms with van der Waals surface area (Å²) in [6.07, 6.45) is 2.69. The molecule has 1 N–H and O–H groups in total. The summed E-state index contributed by atoms with van der Waals surface area (Å²) in [6, 6.07) is 7.53. The molecule has 17 heavy (non-hydrogen) atoms. The van der Waals surface area contributed by atoms with Crippen LogP contribution >= 0.6 is 0 Å². The number of amides is 3. The van der Waals surface area contributed by atoms with Crippen LogP contribution in [0, 0.1) is 5.92 Å². The van der Waals surface area contributed by atoms with Gasteiger partial charge in [-0.25, -0.2) is 4.79 Å². The molecule has 88 valence electrons. The molecule has 1 aliphatic carbocycles. The largest absolute Gasteiger partial charge is 0.328 e. The second-order valence-corrected chi connectivity index (χ2v) is 4.60. The number of urea groups is 1. The molecule has 1 aromatic carbocycles. The van der Waals surface area contributed by atoms with Gasteiger partial charge in [-0.15, -0.1) is 0 Å². The van der Waals surface area contributed by atoms with Crippen LogP contribution in [0.3, 0.4) is 0 Å². The lowest BCUT2D eigenvalue weighted by Crippen LogP contribution is -2.42. The van der Waals surface area contributed by atoms with E-state index in [1.54, 1.807) is 4.90 Å². The number of benzene rings is 1. The van der Waals surface area contributed by atoms with Gasteiger partial charge in [-0.05, 0) is 30.9 Å². The first-order chi connectivity index (χ1) is 8.25. The van der Waals surface area contributed by atoms with E-state index >= 15 is 0 Å². The summed E-state index contributed by atoms with van der Waals surface area (Å²) in [7, 11) is 0. The number of anilines is 1. The lowest BCUT2D eigenvalue weighted by Gasteiger charge is -2.17. The van der Waals surface area contributed by atoms with E-state index < -0.39 is 0 Å². The van der Waals surface area contributed by atoms with E-state index in [0.717, 1.165) is 24.9 Å². The SMILES string of the molecule is O=C(NC(=O)N1CCc2ccccc21)C1CC1. The van der Waals surface area contributed by atoms with Crippen LogP contribution in [0.2, 0.25) is 0 Å². The van der Waals surface area contributed by atoms with Gasteiger partial charge in [-0.3, -0.25) is 15.0 Å². The Morgan fingerprint density at radius 2 is 2.00 bits per heavy atom. The second-order valence-electron chi connectivity index (χ2n) is 4.60. The molecule has 3 amide bonds. The molecule has 0 saturated heterocycles. The summed E-state index contributed by atoms with van der Waals surface area (Å²) in [6.45, 7) is 0.656. The van der Waals surface area contributed by atoms with Crippen molar-refractivity contribution in [3.8, 4) is 0 Å². The van der Waals surface area contributed by atoms with Crippen molar-refractivity contribution in [1.82, 2.24) is 5.32 Å². The first-order valence-electron chi connectivity index (χ1n) is 5.96. The topological polar surface area (TPSA) is 49.4 Å². The minimum Gasteiger partial charge on any atom is -0.294 e. The highest BCUT2D eigenvalue weighted by Crippen LogP contribution is 2.30. The van der Waals surface area contributed by atoms with Crippen molar-refractivity contribution in [2.45, 2.75) is 19.3 Å². The maximum Gasteiger partial charge on any atom is 0.328 e. The van der Waals surface area contributed by atoms with Crippen molar-refractivity contribution < 1.29 is 9.59 Å². The Labute approximate surface area is 99.6 Å². The molecular weight excluding hydrogens is 216 g/mol. The fourth-order valence-corrected chi connectivity index (χ4v) is 2.17. The highest BCUT2D eigenvalue weighted by atomic mass is 16.2. The summed E-state index contributed by atoms with van der Waals surface area (Å²) in [5.74, 6) is -0.0591. The summed E-state index contributed by atoms with van der Waals surface area (Å²) in [5, 5.41) is 2.47. The van der Waals surface area contributed by atoms with Gasteiger partial charge in [-0.1, -0.05) is 18.2 Å². The Hall–Kier alpha value is -1.84. The number of hydrogen-bond acceptors (Lipinski definition) is 2. The van der Waals surface area contributed by atoms with Crippen molar-refractivity contribution in [3.05, 3.63) is 29.8 Å². The van der Waals surface area contributed by atoms with E-state index in [-0.39, 0.29) is 17.9 Å². The predicted octanol–water partition coefficient (Wildman–Crippen LogP) is 1.70. The van der Waals surface area contributed by atoms with Gasteiger partial charge in [0.15, 0.2) is 0 Å². The number of fused-ring (bicyclic) bond motifs is 1. The van der Waals surface area contributed by atoms with Crippen LogP contribution in [-0.2, 0) is 11.2 Å². The highest BCUT2D eigenvalue weighted by Gasteiger charge is 2.33. The zero-order valence-corrected chi connectivity index (χ0v) is 9.48. The van der Waals surface area contributed by atoms with Crippen LogP contribution in [0.15, 0.2) is 24.3 Å². The van der Waals surface area contributed by atoms with Gasteiger partial charge in [0.05, 0.1) is 0 Å². The minimum absolute atomic E-state index is 0.0665. The van der Waals surface area contributed by atoms with E-state index in [1.807, 2.05) is 24.3 Å². The molecule has 0 radical (unpaired) electrons. The lowest BCUT2D eigenvalue weighted by molar-refractivity contribution is -0.121. The Bertz CT molecular complexity index is 480. The fraction of sp³-hybridized carbons (Fsp3) is 0.385. The van der Waals surface area contributed by atoms with Crippen molar-refractivity contribution >= 4 is 17.6 Å². The number of nitrogens with one attached hydrogen (secondary N) is 1. The van der Waals surface area contributed by atoms with Crippen LogP contribution in [-0.4, -0.2) is 18.5 Å². The normalized spacial score (nSPS) is 17.8. The van der Waals surface area contributed by atoms with Crippen LogP contribution in [0.4, 0.5) is 10.5 Å². The summed E-state index contributed by atoms with van der Waals surface area (Å²) in [4.78, 5) is 25.1. The van der Waals surface area contributed by atoms with Crippen LogP contribution in [0.5, 0.6) is 0 Å². The third-order valence-corrected chi connectivity index (χ3v) is 3.31. The first kappa shape index (κ1) is 10.3. The molecule has 3 rings (SSSR count). The summed E-state index contributed by atoms with van der Waals surface area (Å²) >= 11 is 0. The molecule has 1 fully saturated rings. The molecule has 0 spiro atoms. The van der Waals surface area contributed by atoms with Crippen LogP contribution in [0.25, 0.3) is 0 Å². The molecule has 4 nitrogen and oxygen atoms in total. The molecule has 1 aromatic rings. The number of imide groups is 1. The standard InChI is InChI=1S/C13H14N2O2/c16-12(10-5-6-10)14-13(17)15-8-7-9-3-1-2-4-11(9)15/h1-4,10H,5-8H2,(H,14,16,17). The number of carbonyl (C=O) groups excluding carboxylic acids is 2. The third-order valence-electron chi connectivity index (χ3n) is 3.31. The van der Waals surface area contributed by atoms with Gasteiger partial charge in [0, 0.05) is 18.2 Å². The Balaban J connectivity index is 1.73. The van der Waals surface area contributed by atoms with Gasteiger partial charge in [-0.2, -0.15) is 0 Å². The molecule has 1 saturated carbocycles. The Kier molecular flexibility index (Phi) is 2.35. The summed E-state index contributed by atoms with van der Waals surface area (Å²) in [5.41, 5.74) is 2.09. The number of hydrogen-bond donors (Lipinski definition) is 1. The van der Waals surface area contributed by atoms with Gasteiger partial charge < -0.3 is 0 Å². The lowest BCUT2D eigenvalue weighted by atomic mass is 10.2. The van der Waals surface area contributed by atoms with E-state index in [2.05, 4.69) is 5.32 Å². The molecule has 0 atom stereocenters. The smallest absolute Gasteiger partial charge is 0.294 e. The zero-order chi connectivity index (χ0) is 11.8. The Morgan fingerprint density at radius 1 is 1.24 bits per heavy atom. The quantitative estimate of drug-likeness (QED) is 0.798. The summed E-state index contributed by atoms with van der Waals surface area (Å²) < 4.78 is 0. The van der Waals surface area contributed by atoms with Crippen LogP contribution < -0.4 is 10.2 Å². The molecule has 0 aromatic heterocycles. The van der Waals surface area contributed by atoms with E-state index in [0.29, 0.717) is 6.54 Å². The van der Waals surface area contributed by atoms with Crippen molar-refractivity contribution in [2.24, 2.45) is 5.92 Å². The number of para-hydroxylation sites is 1. The van der Waals surface area contributed by atoms with Gasteiger partial charge in [0.2, 0.25) is 5.91 Å². The molecule has 0 unspecified atom stereocenters. The molecule has 4 heteroatoms. The van der Waals surface area contributed by atoms with Crippen LogP contribution in [0.1, 0.15) is 18.4 Å². The zero-order valence-electron chi connectivity index (χ0n) is 9.48.